The Hall–Kier alpha value is -2.99. The molecule has 1 aromatic heterocycles. The zero-order chi connectivity index (χ0) is 23.9. The summed E-state index contributed by atoms with van der Waals surface area (Å²) in [6.45, 7) is 2.55. The van der Waals surface area contributed by atoms with E-state index in [1.54, 1.807) is 12.0 Å². The van der Waals surface area contributed by atoms with Crippen LogP contribution in [0.4, 0.5) is 0 Å². The number of rotatable bonds is 5. The van der Waals surface area contributed by atoms with E-state index >= 15 is 0 Å². The van der Waals surface area contributed by atoms with Gasteiger partial charge in [0.25, 0.3) is 5.91 Å². The second-order valence-electron chi connectivity index (χ2n) is 9.64. The number of methoxy groups -OCH3 is 1. The minimum absolute atomic E-state index is 0.106. The number of aromatic nitrogens is 1. The molecule has 0 radical (unpaired) electrons. The summed E-state index contributed by atoms with van der Waals surface area (Å²) in [5.74, 6) is 0.448. The van der Waals surface area contributed by atoms with Crippen molar-refractivity contribution in [3.8, 4) is 5.75 Å². The normalized spacial score (nSPS) is 20.9. The highest BCUT2D eigenvalue weighted by atomic mass is 35.5. The second-order valence-corrected chi connectivity index (χ2v) is 10.1. The zero-order valence-corrected chi connectivity index (χ0v) is 20.4. The number of hydrogen-bond donors (Lipinski definition) is 1. The van der Waals surface area contributed by atoms with Crippen molar-refractivity contribution < 1.29 is 14.3 Å². The molecule has 178 valence electrons. The number of nitrogens with one attached hydrogen (secondary N) is 1. The summed E-state index contributed by atoms with van der Waals surface area (Å²) < 4.78 is 7.39. The van der Waals surface area contributed by atoms with Crippen LogP contribution in [0.15, 0.2) is 48.5 Å². The van der Waals surface area contributed by atoms with Crippen molar-refractivity contribution in [3.05, 3.63) is 64.8 Å². The molecule has 2 heterocycles. The van der Waals surface area contributed by atoms with Crippen LogP contribution >= 0.6 is 11.6 Å². The van der Waals surface area contributed by atoms with Gasteiger partial charge in [0.05, 0.1) is 19.2 Å². The van der Waals surface area contributed by atoms with Gasteiger partial charge >= 0.3 is 0 Å². The van der Waals surface area contributed by atoms with Crippen LogP contribution in [-0.2, 0) is 17.9 Å². The van der Waals surface area contributed by atoms with E-state index in [9.17, 15) is 9.59 Å². The van der Waals surface area contributed by atoms with Gasteiger partial charge in [-0.05, 0) is 55.7 Å². The molecule has 2 aromatic carbocycles. The Balaban J connectivity index is 1.57. The molecule has 3 aromatic rings. The number of hydrogen-bond acceptors (Lipinski definition) is 3. The van der Waals surface area contributed by atoms with E-state index in [1.165, 1.54) is 6.42 Å². The van der Waals surface area contributed by atoms with Crippen molar-refractivity contribution in [1.29, 1.82) is 0 Å². The fourth-order valence-electron chi connectivity index (χ4n) is 5.31. The van der Waals surface area contributed by atoms with Crippen LogP contribution in [0.1, 0.15) is 55.1 Å². The number of nitrogens with zero attached hydrogens (tertiary/aromatic N) is 2. The zero-order valence-electron chi connectivity index (χ0n) is 19.6. The molecule has 2 aliphatic rings. The highest BCUT2D eigenvalue weighted by Crippen LogP contribution is 2.35. The van der Waals surface area contributed by atoms with Gasteiger partial charge in [-0.25, -0.2) is 0 Å². The Morgan fingerprint density at radius 1 is 1.15 bits per heavy atom. The van der Waals surface area contributed by atoms with Crippen LogP contribution in [0.25, 0.3) is 10.9 Å². The van der Waals surface area contributed by atoms with Crippen molar-refractivity contribution in [3.63, 3.8) is 0 Å². The molecule has 0 saturated heterocycles. The van der Waals surface area contributed by atoms with E-state index in [-0.39, 0.29) is 17.9 Å². The fourth-order valence-corrected chi connectivity index (χ4v) is 5.52. The molecule has 0 spiro atoms. The number of ether oxygens (including phenoxy) is 1. The third-order valence-corrected chi connectivity index (χ3v) is 7.53. The van der Waals surface area contributed by atoms with Crippen LogP contribution in [0, 0.1) is 0 Å². The molecule has 0 unspecified atom stereocenters. The van der Waals surface area contributed by atoms with Crippen LogP contribution < -0.4 is 10.1 Å². The quantitative estimate of drug-likeness (QED) is 0.549. The van der Waals surface area contributed by atoms with Crippen molar-refractivity contribution in [2.24, 2.45) is 0 Å². The maximum atomic E-state index is 13.9. The van der Waals surface area contributed by atoms with Gasteiger partial charge < -0.3 is 19.5 Å². The lowest BCUT2D eigenvalue weighted by Crippen LogP contribution is -2.64. The van der Waals surface area contributed by atoms with E-state index in [2.05, 4.69) is 5.32 Å². The predicted octanol–water partition coefficient (Wildman–Crippen LogP) is 5.17. The van der Waals surface area contributed by atoms with Crippen LogP contribution in [-0.4, -0.2) is 40.0 Å². The average Bonchev–Trinajstić information content (AvgIpc) is 3.20. The Morgan fingerprint density at radius 3 is 2.68 bits per heavy atom. The first-order chi connectivity index (χ1) is 16.4. The summed E-state index contributed by atoms with van der Waals surface area (Å²) in [7, 11) is 1.63. The van der Waals surface area contributed by atoms with Gasteiger partial charge in [0.2, 0.25) is 5.91 Å². The molecule has 7 heteroatoms. The van der Waals surface area contributed by atoms with Crippen molar-refractivity contribution in [2.45, 2.75) is 63.7 Å². The summed E-state index contributed by atoms with van der Waals surface area (Å²) in [5, 5.41) is 4.83. The van der Waals surface area contributed by atoms with E-state index in [0.717, 1.165) is 47.9 Å². The number of amides is 2. The van der Waals surface area contributed by atoms with E-state index in [4.69, 9.17) is 16.3 Å². The lowest BCUT2D eigenvalue weighted by atomic mass is 9.91. The minimum Gasteiger partial charge on any atom is -0.497 e. The summed E-state index contributed by atoms with van der Waals surface area (Å²) in [6, 6.07) is 15.3. The maximum absolute atomic E-state index is 13.9. The SMILES string of the molecule is COc1ccc2cc3n(c2c1)C[C@](C)(C(=O)NC1CCCCC1)N(Cc1cccc(Cl)c1)C3=O. The lowest BCUT2D eigenvalue weighted by molar-refractivity contribution is -0.134. The smallest absolute Gasteiger partial charge is 0.271 e. The first-order valence-electron chi connectivity index (χ1n) is 11.9. The highest BCUT2D eigenvalue weighted by Gasteiger charge is 2.48. The Morgan fingerprint density at radius 2 is 1.94 bits per heavy atom. The molecule has 1 N–H and O–H groups in total. The summed E-state index contributed by atoms with van der Waals surface area (Å²) in [4.78, 5) is 29.4. The Bertz CT molecular complexity index is 1250. The molecular weight excluding hydrogens is 450 g/mol. The number of carbonyl (C=O) groups is 2. The Kier molecular flexibility index (Phi) is 6.02. The monoisotopic (exact) mass is 479 g/mol. The lowest BCUT2D eigenvalue weighted by Gasteiger charge is -2.45. The number of fused-ring (bicyclic) bond motifs is 3. The second kappa shape index (κ2) is 8.99. The van der Waals surface area contributed by atoms with Gasteiger partial charge in [-0.15, -0.1) is 0 Å². The minimum atomic E-state index is -1.06. The first kappa shape index (κ1) is 22.8. The maximum Gasteiger partial charge on any atom is 0.271 e. The van der Waals surface area contributed by atoms with Crippen molar-refractivity contribution in [1.82, 2.24) is 14.8 Å². The number of benzene rings is 2. The van der Waals surface area contributed by atoms with Crippen LogP contribution in [0.3, 0.4) is 0 Å². The largest absolute Gasteiger partial charge is 0.497 e. The fraction of sp³-hybridized carbons (Fsp3) is 0.407. The number of halogens is 1. The van der Waals surface area contributed by atoms with Crippen molar-refractivity contribution in [2.75, 3.05) is 7.11 Å². The molecule has 1 fully saturated rings. The molecule has 6 nitrogen and oxygen atoms in total. The molecule has 5 rings (SSSR count). The van der Waals surface area contributed by atoms with Gasteiger partial charge in [-0.3, -0.25) is 9.59 Å². The average molecular weight is 480 g/mol. The number of carbonyl (C=O) groups excluding carboxylic acids is 2. The predicted molar refractivity (Wildman–Crippen MR) is 133 cm³/mol. The van der Waals surface area contributed by atoms with E-state index < -0.39 is 5.54 Å². The molecule has 2 amide bonds. The molecular formula is C27H30ClN3O3. The molecule has 34 heavy (non-hydrogen) atoms. The summed E-state index contributed by atoms with van der Waals surface area (Å²) in [6.07, 6.45) is 5.43. The molecule has 1 saturated carbocycles. The molecule has 0 bridgehead atoms. The Labute approximate surface area is 204 Å². The van der Waals surface area contributed by atoms with E-state index in [1.807, 2.05) is 60.0 Å². The third-order valence-electron chi connectivity index (χ3n) is 7.30. The van der Waals surface area contributed by atoms with Gasteiger partial charge in [0.1, 0.15) is 17.0 Å². The summed E-state index contributed by atoms with van der Waals surface area (Å²) in [5.41, 5.74) is 1.30. The van der Waals surface area contributed by atoms with E-state index in [0.29, 0.717) is 23.8 Å². The van der Waals surface area contributed by atoms with Gasteiger partial charge in [-0.2, -0.15) is 0 Å². The third kappa shape index (κ3) is 4.05. The van der Waals surface area contributed by atoms with Crippen LogP contribution in [0.2, 0.25) is 5.02 Å². The summed E-state index contributed by atoms with van der Waals surface area (Å²) >= 11 is 6.23. The first-order valence-corrected chi connectivity index (χ1v) is 12.3. The van der Waals surface area contributed by atoms with Crippen molar-refractivity contribution >= 4 is 34.3 Å². The van der Waals surface area contributed by atoms with Gasteiger partial charge in [0.15, 0.2) is 0 Å². The van der Waals surface area contributed by atoms with Gasteiger partial charge in [-0.1, -0.05) is 43.0 Å². The standard InChI is InChI=1S/C27H30ClN3O3/c1-27(26(33)29-21-9-4-3-5-10-21)17-30-23-15-22(34-2)12-11-19(23)14-24(30)25(32)31(27)16-18-7-6-8-20(28)13-18/h6-8,11-15,21H,3-5,9-10,16-17H2,1-2H3,(H,29,33)/t27-/m1/s1. The van der Waals surface area contributed by atoms with Crippen LogP contribution in [0.5, 0.6) is 5.75 Å². The molecule has 1 atom stereocenters. The molecule has 1 aliphatic heterocycles. The van der Waals surface area contributed by atoms with Gasteiger partial charge in [0, 0.05) is 29.1 Å². The topological polar surface area (TPSA) is 63.6 Å². The molecule has 1 aliphatic carbocycles. The highest BCUT2D eigenvalue weighted by molar-refractivity contribution is 6.30.